The number of nitrogen functional groups attached to an aromatic ring is 1. The lowest BCUT2D eigenvalue weighted by Gasteiger charge is -2.17. The van der Waals surface area contributed by atoms with Crippen molar-refractivity contribution >= 4 is 11.6 Å². The van der Waals surface area contributed by atoms with E-state index >= 15 is 0 Å². The first kappa shape index (κ1) is 22.2. The van der Waals surface area contributed by atoms with Crippen LogP contribution in [0.15, 0.2) is 77.9 Å². The standard InChI is InChI=1S/C26H26FN5O/c1-2-32-25(33)23(19-9-11-21(27)12-10-19)24(20-13-16-29-17-14-20)31-26(32)30-15-5-7-18-6-3-4-8-22(18)28/h3-4,6,8-14,16-17H,2,5,7,15,28H2,1H3,(H,30,31). The summed E-state index contributed by atoms with van der Waals surface area (Å²) in [6.45, 7) is 2.98. The van der Waals surface area contributed by atoms with Crippen molar-refractivity contribution < 1.29 is 4.39 Å². The summed E-state index contributed by atoms with van der Waals surface area (Å²) in [6.07, 6.45) is 4.97. The van der Waals surface area contributed by atoms with Crippen LogP contribution in [-0.4, -0.2) is 21.1 Å². The van der Waals surface area contributed by atoms with Gasteiger partial charge in [0.15, 0.2) is 0 Å². The molecule has 6 nitrogen and oxygen atoms in total. The van der Waals surface area contributed by atoms with Crippen LogP contribution in [0, 0.1) is 5.82 Å². The Kier molecular flexibility index (Phi) is 6.78. The highest BCUT2D eigenvalue weighted by Crippen LogP contribution is 2.29. The Bertz CT molecular complexity index is 1290. The van der Waals surface area contributed by atoms with Crippen molar-refractivity contribution in [3.63, 3.8) is 0 Å². The van der Waals surface area contributed by atoms with E-state index in [0.717, 1.165) is 29.7 Å². The molecule has 0 unspecified atom stereocenters. The van der Waals surface area contributed by atoms with Gasteiger partial charge in [0.05, 0.1) is 11.3 Å². The van der Waals surface area contributed by atoms with Gasteiger partial charge < -0.3 is 11.1 Å². The van der Waals surface area contributed by atoms with Crippen molar-refractivity contribution in [1.82, 2.24) is 14.5 Å². The lowest BCUT2D eigenvalue weighted by molar-refractivity contribution is 0.628. The molecule has 4 rings (SSSR count). The first-order valence-corrected chi connectivity index (χ1v) is 11.0. The number of pyridine rings is 1. The Hall–Kier alpha value is -4.00. The molecule has 0 spiro atoms. The third-order valence-electron chi connectivity index (χ3n) is 5.53. The molecule has 7 heteroatoms. The first-order valence-electron chi connectivity index (χ1n) is 11.0. The van der Waals surface area contributed by atoms with Crippen LogP contribution in [0.5, 0.6) is 0 Å². The molecule has 0 radical (unpaired) electrons. The molecule has 168 valence electrons. The summed E-state index contributed by atoms with van der Waals surface area (Å²) < 4.78 is 15.1. The molecule has 0 bridgehead atoms. The van der Waals surface area contributed by atoms with Gasteiger partial charge in [-0.05, 0) is 61.2 Å². The molecule has 0 aliphatic heterocycles. The number of hydrogen-bond acceptors (Lipinski definition) is 5. The Morgan fingerprint density at radius 2 is 1.73 bits per heavy atom. The number of rotatable bonds is 8. The summed E-state index contributed by atoms with van der Waals surface area (Å²) in [5.74, 6) is 0.145. The lowest BCUT2D eigenvalue weighted by atomic mass is 10.0. The average molecular weight is 444 g/mol. The topological polar surface area (TPSA) is 85.8 Å². The zero-order valence-electron chi connectivity index (χ0n) is 18.5. The van der Waals surface area contributed by atoms with Gasteiger partial charge in [0.1, 0.15) is 5.82 Å². The Balaban J connectivity index is 1.69. The maximum absolute atomic E-state index is 13.6. The minimum atomic E-state index is -0.356. The zero-order chi connectivity index (χ0) is 23.2. The molecule has 0 aliphatic carbocycles. The van der Waals surface area contributed by atoms with E-state index in [9.17, 15) is 9.18 Å². The maximum Gasteiger partial charge on any atom is 0.263 e. The number of nitrogens with zero attached hydrogens (tertiary/aromatic N) is 3. The van der Waals surface area contributed by atoms with E-state index in [-0.39, 0.29) is 11.4 Å². The van der Waals surface area contributed by atoms with Crippen LogP contribution in [0.2, 0.25) is 0 Å². The number of nitrogens with one attached hydrogen (secondary N) is 1. The van der Waals surface area contributed by atoms with Crippen LogP contribution in [0.3, 0.4) is 0 Å². The minimum absolute atomic E-state index is 0.180. The molecule has 4 aromatic rings. The normalized spacial score (nSPS) is 10.8. The maximum atomic E-state index is 13.6. The van der Waals surface area contributed by atoms with Crippen LogP contribution in [-0.2, 0) is 13.0 Å². The van der Waals surface area contributed by atoms with Gasteiger partial charge in [0.2, 0.25) is 5.95 Å². The summed E-state index contributed by atoms with van der Waals surface area (Å²) in [4.78, 5) is 22.5. The van der Waals surface area contributed by atoms with E-state index in [0.29, 0.717) is 35.9 Å². The second-order valence-corrected chi connectivity index (χ2v) is 7.68. The summed E-state index contributed by atoms with van der Waals surface area (Å²) in [5, 5.41) is 3.33. The lowest BCUT2D eigenvalue weighted by Crippen LogP contribution is -2.27. The number of halogens is 1. The van der Waals surface area contributed by atoms with Gasteiger partial charge in [-0.2, -0.15) is 0 Å². The molecule has 0 fully saturated rings. The number of benzene rings is 2. The van der Waals surface area contributed by atoms with Crippen molar-refractivity contribution in [3.8, 4) is 22.4 Å². The fraction of sp³-hybridized carbons (Fsp3) is 0.192. The number of aryl methyl sites for hydroxylation is 1. The fourth-order valence-electron chi connectivity index (χ4n) is 3.82. The summed E-state index contributed by atoms with van der Waals surface area (Å²) in [6, 6.07) is 17.4. The molecule has 0 saturated carbocycles. The van der Waals surface area contributed by atoms with E-state index in [1.54, 1.807) is 29.1 Å². The Morgan fingerprint density at radius 3 is 2.42 bits per heavy atom. The molecule has 3 N–H and O–H groups in total. The fourth-order valence-corrected chi connectivity index (χ4v) is 3.82. The Morgan fingerprint density at radius 1 is 1.00 bits per heavy atom. The van der Waals surface area contributed by atoms with Crippen LogP contribution >= 0.6 is 0 Å². The number of para-hydroxylation sites is 1. The van der Waals surface area contributed by atoms with E-state index < -0.39 is 0 Å². The van der Waals surface area contributed by atoms with E-state index in [1.807, 2.05) is 43.3 Å². The summed E-state index contributed by atoms with van der Waals surface area (Å²) in [7, 11) is 0. The van der Waals surface area contributed by atoms with Crippen LogP contribution in [0.25, 0.3) is 22.4 Å². The number of nitrogens with two attached hydrogens (primary N) is 1. The molecule has 2 heterocycles. The molecule has 0 aliphatic rings. The number of aromatic nitrogens is 3. The second kappa shape index (κ2) is 10.1. The third kappa shape index (κ3) is 4.92. The molecular formula is C26H26FN5O. The van der Waals surface area contributed by atoms with Crippen molar-refractivity contribution in [2.75, 3.05) is 17.6 Å². The summed E-state index contributed by atoms with van der Waals surface area (Å²) in [5.41, 5.74) is 10.1. The molecule has 2 aromatic carbocycles. The molecule has 0 amide bonds. The summed E-state index contributed by atoms with van der Waals surface area (Å²) >= 11 is 0. The van der Waals surface area contributed by atoms with E-state index in [4.69, 9.17) is 10.7 Å². The van der Waals surface area contributed by atoms with E-state index in [2.05, 4.69) is 10.3 Å². The monoisotopic (exact) mass is 443 g/mol. The SMILES string of the molecule is CCn1c(NCCCc2ccccc2N)nc(-c2ccncc2)c(-c2ccc(F)cc2)c1=O. The van der Waals surface area contributed by atoms with Crippen molar-refractivity contribution in [3.05, 3.63) is 94.8 Å². The van der Waals surface area contributed by atoms with Gasteiger partial charge >= 0.3 is 0 Å². The van der Waals surface area contributed by atoms with Gasteiger partial charge in [-0.1, -0.05) is 30.3 Å². The minimum Gasteiger partial charge on any atom is -0.399 e. The predicted molar refractivity (Wildman–Crippen MR) is 130 cm³/mol. The Labute approximate surface area is 192 Å². The van der Waals surface area contributed by atoms with Crippen LogP contribution in [0.1, 0.15) is 18.9 Å². The molecule has 33 heavy (non-hydrogen) atoms. The van der Waals surface area contributed by atoms with Crippen molar-refractivity contribution in [2.45, 2.75) is 26.3 Å². The number of anilines is 2. The van der Waals surface area contributed by atoms with Crippen molar-refractivity contribution in [1.29, 1.82) is 0 Å². The first-order chi connectivity index (χ1) is 16.1. The van der Waals surface area contributed by atoms with E-state index in [1.165, 1.54) is 12.1 Å². The molecule has 2 aromatic heterocycles. The van der Waals surface area contributed by atoms with Crippen LogP contribution in [0.4, 0.5) is 16.0 Å². The molecule has 0 atom stereocenters. The van der Waals surface area contributed by atoms with Gasteiger partial charge in [-0.25, -0.2) is 9.37 Å². The third-order valence-corrected chi connectivity index (χ3v) is 5.53. The predicted octanol–water partition coefficient (Wildman–Crippen LogP) is 4.76. The largest absolute Gasteiger partial charge is 0.399 e. The molecule has 0 saturated heterocycles. The van der Waals surface area contributed by atoms with Crippen molar-refractivity contribution in [2.24, 2.45) is 0 Å². The zero-order valence-corrected chi connectivity index (χ0v) is 18.5. The second-order valence-electron chi connectivity index (χ2n) is 7.68. The highest BCUT2D eigenvalue weighted by atomic mass is 19.1. The van der Waals surface area contributed by atoms with Crippen LogP contribution < -0.4 is 16.6 Å². The quantitative estimate of drug-likeness (QED) is 0.303. The van der Waals surface area contributed by atoms with Gasteiger partial charge in [-0.3, -0.25) is 14.3 Å². The average Bonchev–Trinajstić information content (AvgIpc) is 2.84. The number of hydrogen-bond donors (Lipinski definition) is 2. The van der Waals surface area contributed by atoms with Gasteiger partial charge in [-0.15, -0.1) is 0 Å². The molecular weight excluding hydrogens is 417 g/mol. The smallest absolute Gasteiger partial charge is 0.263 e. The highest BCUT2D eigenvalue weighted by molar-refractivity contribution is 5.80. The van der Waals surface area contributed by atoms with Gasteiger partial charge in [0, 0.05) is 36.7 Å². The van der Waals surface area contributed by atoms with Gasteiger partial charge in [0.25, 0.3) is 5.56 Å². The highest BCUT2D eigenvalue weighted by Gasteiger charge is 2.19.